The SMILES string of the molecule is CNc1cc(F)c(F)c2c1[nH]c1nc(Oc3cnc(C)nc3)nc(N3CCC[C@@H](N)C3)c12. The van der Waals surface area contributed by atoms with E-state index in [1.165, 1.54) is 12.4 Å². The van der Waals surface area contributed by atoms with Crippen LogP contribution in [0, 0.1) is 18.6 Å². The maximum Gasteiger partial charge on any atom is 0.326 e. The molecule has 0 spiro atoms. The van der Waals surface area contributed by atoms with Gasteiger partial charge in [-0.2, -0.15) is 9.97 Å². The predicted molar refractivity (Wildman–Crippen MR) is 117 cm³/mol. The van der Waals surface area contributed by atoms with Crippen LogP contribution < -0.4 is 20.7 Å². The van der Waals surface area contributed by atoms with Crippen molar-refractivity contribution in [2.75, 3.05) is 30.4 Å². The van der Waals surface area contributed by atoms with E-state index in [2.05, 4.69) is 30.2 Å². The highest BCUT2D eigenvalue weighted by molar-refractivity contribution is 6.15. The molecule has 3 aromatic heterocycles. The molecule has 4 aromatic rings. The first-order chi connectivity index (χ1) is 15.4. The number of H-pyrrole nitrogens is 1. The van der Waals surface area contributed by atoms with Crippen LogP contribution >= 0.6 is 0 Å². The number of nitrogens with zero attached hydrogens (tertiary/aromatic N) is 5. The normalized spacial score (nSPS) is 16.7. The molecule has 5 rings (SSSR count). The van der Waals surface area contributed by atoms with Crippen molar-refractivity contribution in [2.45, 2.75) is 25.8 Å². The van der Waals surface area contributed by atoms with Gasteiger partial charge in [-0.1, -0.05) is 0 Å². The van der Waals surface area contributed by atoms with Gasteiger partial charge in [-0.05, 0) is 19.8 Å². The van der Waals surface area contributed by atoms with Gasteiger partial charge in [0.1, 0.15) is 17.3 Å². The molecule has 0 amide bonds. The first kappa shape index (κ1) is 20.3. The summed E-state index contributed by atoms with van der Waals surface area (Å²) in [6.45, 7) is 2.97. The molecule has 166 valence electrons. The Balaban J connectivity index is 1.75. The molecule has 0 unspecified atom stereocenters. The van der Waals surface area contributed by atoms with Crippen molar-refractivity contribution in [1.29, 1.82) is 0 Å². The Morgan fingerprint density at radius 3 is 2.72 bits per heavy atom. The highest BCUT2D eigenvalue weighted by atomic mass is 19.2. The monoisotopic (exact) mass is 440 g/mol. The number of benzene rings is 1. The number of anilines is 2. The number of nitrogens with one attached hydrogen (secondary N) is 2. The lowest BCUT2D eigenvalue weighted by atomic mass is 10.1. The maximum absolute atomic E-state index is 15.0. The molecule has 0 bridgehead atoms. The largest absolute Gasteiger partial charge is 0.421 e. The second kappa shape index (κ2) is 7.83. The summed E-state index contributed by atoms with van der Waals surface area (Å²) in [5.74, 6) is -0.519. The summed E-state index contributed by atoms with van der Waals surface area (Å²) >= 11 is 0. The molecule has 1 saturated heterocycles. The van der Waals surface area contributed by atoms with Gasteiger partial charge < -0.3 is 25.7 Å². The van der Waals surface area contributed by atoms with Crippen LogP contribution in [0.25, 0.3) is 21.9 Å². The maximum atomic E-state index is 15.0. The van der Waals surface area contributed by atoms with Crippen LogP contribution in [-0.4, -0.2) is 51.1 Å². The molecule has 32 heavy (non-hydrogen) atoms. The second-order valence-electron chi connectivity index (χ2n) is 7.81. The minimum atomic E-state index is -0.961. The number of hydrogen-bond donors (Lipinski definition) is 3. The fourth-order valence-corrected chi connectivity index (χ4v) is 4.07. The van der Waals surface area contributed by atoms with Crippen molar-refractivity contribution in [2.24, 2.45) is 5.73 Å². The van der Waals surface area contributed by atoms with Crippen molar-refractivity contribution in [1.82, 2.24) is 24.9 Å². The van der Waals surface area contributed by atoms with E-state index in [4.69, 9.17) is 10.5 Å². The van der Waals surface area contributed by atoms with E-state index in [-0.39, 0.29) is 17.4 Å². The molecule has 11 heteroatoms. The summed E-state index contributed by atoms with van der Waals surface area (Å²) in [4.78, 5) is 22.3. The van der Waals surface area contributed by atoms with E-state index in [9.17, 15) is 4.39 Å². The van der Waals surface area contributed by atoms with Gasteiger partial charge in [0.15, 0.2) is 17.4 Å². The van der Waals surface area contributed by atoms with Gasteiger partial charge in [0, 0.05) is 32.2 Å². The van der Waals surface area contributed by atoms with Crippen LogP contribution in [0.2, 0.25) is 0 Å². The number of aromatic nitrogens is 5. The summed E-state index contributed by atoms with van der Waals surface area (Å²) in [5.41, 5.74) is 7.32. The van der Waals surface area contributed by atoms with Crippen LogP contribution in [0.15, 0.2) is 18.5 Å². The Hall–Kier alpha value is -3.60. The molecule has 0 saturated carbocycles. The van der Waals surface area contributed by atoms with E-state index in [1.807, 2.05) is 4.90 Å². The van der Waals surface area contributed by atoms with Gasteiger partial charge in [-0.15, -0.1) is 0 Å². The third kappa shape index (κ3) is 3.44. The lowest BCUT2D eigenvalue weighted by Gasteiger charge is -2.32. The van der Waals surface area contributed by atoms with Crippen LogP contribution in [0.4, 0.5) is 20.3 Å². The standard InChI is InChI=1S/C21H22F2N8O/c1-10-26-7-12(8-27-10)32-21-29-19-16(20(30-21)31-5-3-4-11(24)9-31)15-17(23)13(22)6-14(25-2)18(15)28-19/h6-8,11,25H,3-5,9,24H2,1-2H3,(H,28,29,30)/t11-/m1/s1. The highest BCUT2D eigenvalue weighted by Crippen LogP contribution is 2.39. The summed E-state index contributed by atoms with van der Waals surface area (Å²) in [7, 11) is 1.64. The number of rotatable bonds is 4. The average molecular weight is 440 g/mol. The van der Waals surface area contributed by atoms with Crippen LogP contribution in [0.1, 0.15) is 18.7 Å². The lowest BCUT2D eigenvalue weighted by Crippen LogP contribution is -2.43. The molecular formula is C21H22F2N8O. The number of aromatic amines is 1. The van der Waals surface area contributed by atoms with Crippen molar-refractivity contribution in [3.05, 3.63) is 35.9 Å². The number of ether oxygens (including phenoxy) is 1. The molecule has 1 aromatic carbocycles. The zero-order valence-corrected chi connectivity index (χ0v) is 17.6. The van der Waals surface area contributed by atoms with E-state index < -0.39 is 11.6 Å². The Morgan fingerprint density at radius 2 is 2.00 bits per heavy atom. The Bertz CT molecular complexity index is 1310. The van der Waals surface area contributed by atoms with Gasteiger partial charge in [0.05, 0.1) is 34.4 Å². The predicted octanol–water partition coefficient (Wildman–Crippen LogP) is 3.25. The molecule has 9 nitrogen and oxygen atoms in total. The number of nitrogens with two attached hydrogens (primary N) is 1. The number of fused-ring (bicyclic) bond motifs is 3. The summed E-state index contributed by atoms with van der Waals surface area (Å²) in [5, 5.41) is 3.37. The van der Waals surface area contributed by atoms with Crippen molar-refractivity contribution < 1.29 is 13.5 Å². The van der Waals surface area contributed by atoms with Crippen LogP contribution in [0.3, 0.4) is 0 Å². The molecule has 1 aliphatic rings. The molecule has 4 N–H and O–H groups in total. The fraction of sp³-hybridized carbons (Fsp3) is 0.333. The molecule has 0 aliphatic carbocycles. The molecule has 4 heterocycles. The Morgan fingerprint density at radius 1 is 1.22 bits per heavy atom. The van der Waals surface area contributed by atoms with Crippen LogP contribution in [0.5, 0.6) is 11.8 Å². The lowest BCUT2D eigenvalue weighted by molar-refractivity contribution is 0.436. The van der Waals surface area contributed by atoms with Crippen molar-refractivity contribution in [3.63, 3.8) is 0 Å². The molecule has 1 fully saturated rings. The van der Waals surface area contributed by atoms with E-state index >= 15 is 4.39 Å². The first-order valence-electron chi connectivity index (χ1n) is 10.3. The van der Waals surface area contributed by atoms with Crippen LogP contribution in [-0.2, 0) is 0 Å². The third-order valence-electron chi connectivity index (χ3n) is 5.58. The van der Waals surface area contributed by atoms with Gasteiger partial charge >= 0.3 is 6.01 Å². The summed E-state index contributed by atoms with van der Waals surface area (Å²) in [6.07, 6.45) is 4.78. The summed E-state index contributed by atoms with van der Waals surface area (Å²) in [6, 6.07) is 1.10. The van der Waals surface area contributed by atoms with Gasteiger partial charge in [0.2, 0.25) is 0 Å². The minimum absolute atomic E-state index is 0.0394. The average Bonchev–Trinajstić information content (AvgIpc) is 3.17. The van der Waals surface area contributed by atoms with E-state index in [1.54, 1.807) is 14.0 Å². The van der Waals surface area contributed by atoms with Crippen molar-refractivity contribution >= 4 is 33.4 Å². The Labute approximate surface area is 182 Å². The number of hydrogen-bond acceptors (Lipinski definition) is 8. The molecular weight excluding hydrogens is 418 g/mol. The quantitative estimate of drug-likeness (QED) is 0.443. The van der Waals surface area contributed by atoms with E-state index in [0.717, 1.165) is 18.9 Å². The number of piperidine rings is 1. The molecule has 1 atom stereocenters. The van der Waals surface area contributed by atoms with Gasteiger partial charge in [-0.3, -0.25) is 0 Å². The van der Waals surface area contributed by atoms with Gasteiger partial charge in [0.25, 0.3) is 0 Å². The highest BCUT2D eigenvalue weighted by Gasteiger charge is 2.27. The smallest absolute Gasteiger partial charge is 0.326 e. The molecule has 0 radical (unpaired) electrons. The zero-order chi connectivity index (χ0) is 22.4. The number of halogens is 2. The fourth-order valence-electron chi connectivity index (χ4n) is 4.07. The topological polar surface area (TPSA) is 118 Å². The third-order valence-corrected chi connectivity index (χ3v) is 5.58. The minimum Gasteiger partial charge on any atom is -0.421 e. The van der Waals surface area contributed by atoms with Crippen molar-refractivity contribution in [3.8, 4) is 11.8 Å². The first-order valence-corrected chi connectivity index (χ1v) is 10.3. The molecule has 1 aliphatic heterocycles. The Kier molecular flexibility index (Phi) is 4.97. The zero-order valence-electron chi connectivity index (χ0n) is 17.6. The summed E-state index contributed by atoms with van der Waals surface area (Å²) < 4.78 is 35.2. The van der Waals surface area contributed by atoms with Gasteiger partial charge in [-0.25, -0.2) is 18.7 Å². The second-order valence-corrected chi connectivity index (χ2v) is 7.81. The van der Waals surface area contributed by atoms with E-state index in [0.29, 0.717) is 52.7 Å². The number of aryl methyl sites for hydroxylation is 1.